The van der Waals surface area contributed by atoms with Gasteiger partial charge in [0.25, 0.3) is 0 Å². The van der Waals surface area contributed by atoms with Gasteiger partial charge in [0.1, 0.15) is 0 Å². The molecular weight excluding hydrogens is 407 g/mol. The van der Waals surface area contributed by atoms with Crippen LogP contribution in [0, 0.1) is 6.92 Å². The van der Waals surface area contributed by atoms with Crippen molar-refractivity contribution in [3.05, 3.63) is 45.9 Å². The number of aliphatic imine (C=N–C) groups is 1. The number of hydrogen-bond acceptors (Lipinski definition) is 3. The third-order valence-electron chi connectivity index (χ3n) is 3.04. The van der Waals surface area contributed by atoms with Crippen LogP contribution in [0.5, 0.6) is 0 Å². The molecule has 1 heterocycles. The number of guanidine groups is 1. The molecule has 2 rings (SSSR count). The number of aryl methyl sites for hydroxylation is 1. The van der Waals surface area contributed by atoms with E-state index >= 15 is 0 Å². The number of nitrogens with one attached hydrogen (secondary N) is 1. The summed E-state index contributed by atoms with van der Waals surface area (Å²) in [6, 6.07) is 8.07. The van der Waals surface area contributed by atoms with Gasteiger partial charge < -0.3 is 11.1 Å². The molecule has 0 fully saturated rings. The van der Waals surface area contributed by atoms with Crippen molar-refractivity contribution >= 4 is 47.0 Å². The van der Waals surface area contributed by atoms with Crippen LogP contribution in [0.4, 0.5) is 5.69 Å². The van der Waals surface area contributed by atoms with Crippen molar-refractivity contribution in [1.29, 1.82) is 0 Å². The molecule has 0 amide bonds. The Morgan fingerprint density at radius 2 is 2.00 bits per heavy atom. The second-order valence-corrected chi connectivity index (χ2v) is 6.23. The summed E-state index contributed by atoms with van der Waals surface area (Å²) in [5, 5.41) is 6.37. The smallest absolute Gasteiger partial charge is 0.193 e. The monoisotopic (exact) mass is 430 g/mol. The molecule has 0 aliphatic heterocycles. The fraction of sp³-hybridized carbons (Fsp3) is 0.375. The van der Waals surface area contributed by atoms with Crippen molar-refractivity contribution in [2.75, 3.05) is 11.9 Å². The molecule has 2 aromatic rings. The lowest BCUT2D eigenvalue weighted by Gasteiger charge is -2.05. The molecule has 0 aliphatic rings. The maximum Gasteiger partial charge on any atom is 0.193 e. The molecule has 0 saturated carbocycles. The molecule has 1 aromatic carbocycles. The van der Waals surface area contributed by atoms with E-state index in [0.717, 1.165) is 17.8 Å². The largest absolute Gasteiger partial charge is 0.370 e. The normalized spacial score (nSPS) is 11.4. The summed E-state index contributed by atoms with van der Waals surface area (Å²) in [7, 11) is 0. The molecule has 0 radical (unpaired) electrons. The van der Waals surface area contributed by atoms with Gasteiger partial charge in [-0.3, -0.25) is 4.99 Å². The van der Waals surface area contributed by atoms with E-state index in [-0.39, 0.29) is 24.0 Å². The minimum atomic E-state index is 0. The van der Waals surface area contributed by atoms with Gasteiger partial charge in [-0.05, 0) is 19.1 Å². The lowest BCUT2D eigenvalue weighted by molar-refractivity contribution is 0.831. The molecule has 3 N–H and O–H groups in total. The zero-order chi connectivity index (χ0) is 15.2. The quantitative estimate of drug-likeness (QED) is 0.425. The first-order valence-corrected chi connectivity index (χ1v) is 8.00. The number of nitrogens with zero attached hydrogens (tertiary/aromatic N) is 2. The van der Waals surface area contributed by atoms with Gasteiger partial charge in [-0.2, -0.15) is 0 Å². The van der Waals surface area contributed by atoms with E-state index in [1.165, 1.54) is 10.6 Å². The summed E-state index contributed by atoms with van der Waals surface area (Å²) in [5.41, 5.74) is 9.15. The van der Waals surface area contributed by atoms with Gasteiger partial charge >= 0.3 is 0 Å². The maximum atomic E-state index is 5.88. The number of hydrogen-bond donors (Lipinski definition) is 2. The lowest BCUT2D eigenvalue weighted by Crippen LogP contribution is -2.23. The van der Waals surface area contributed by atoms with Crippen molar-refractivity contribution in [2.24, 2.45) is 10.7 Å². The van der Waals surface area contributed by atoms with E-state index in [1.54, 1.807) is 11.3 Å². The molecule has 0 bridgehead atoms. The molecule has 6 heteroatoms. The highest BCUT2D eigenvalue weighted by Gasteiger charge is 2.05. The topological polar surface area (TPSA) is 63.3 Å². The standard InChI is InChI=1S/C16H22N4S.HI/c1-11(2)15-19-14(10-21-15)8-9-18-16(17)20-13-6-4-12(3)5-7-13;/h4-7,10-11H,8-9H2,1-3H3,(H3,17,18,20);1H. The van der Waals surface area contributed by atoms with Crippen molar-refractivity contribution in [1.82, 2.24) is 4.98 Å². The zero-order valence-corrected chi connectivity index (χ0v) is 16.3. The fourth-order valence-electron chi connectivity index (χ4n) is 1.82. The molecule has 1 aromatic heterocycles. The molecule has 120 valence electrons. The van der Waals surface area contributed by atoms with Gasteiger partial charge in [0.05, 0.1) is 10.7 Å². The second-order valence-electron chi connectivity index (χ2n) is 5.34. The Kier molecular flexibility index (Phi) is 7.81. The van der Waals surface area contributed by atoms with Crippen molar-refractivity contribution in [3.63, 3.8) is 0 Å². The van der Waals surface area contributed by atoms with Crippen LogP contribution in [0.15, 0.2) is 34.6 Å². The van der Waals surface area contributed by atoms with Crippen LogP contribution in [0.3, 0.4) is 0 Å². The first kappa shape index (κ1) is 18.9. The number of rotatable bonds is 5. The van der Waals surface area contributed by atoms with Gasteiger partial charge in [-0.15, -0.1) is 35.3 Å². The maximum absolute atomic E-state index is 5.88. The minimum absolute atomic E-state index is 0. The average molecular weight is 430 g/mol. The Balaban J connectivity index is 0.00000242. The molecule has 0 aliphatic carbocycles. The molecule has 0 saturated heterocycles. The average Bonchev–Trinajstić information content (AvgIpc) is 2.90. The minimum Gasteiger partial charge on any atom is -0.370 e. The molecular formula is C16H23IN4S. The summed E-state index contributed by atoms with van der Waals surface area (Å²) in [5.74, 6) is 0.929. The first-order valence-electron chi connectivity index (χ1n) is 7.12. The molecule has 22 heavy (non-hydrogen) atoms. The van der Waals surface area contributed by atoms with Gasteiger partial charge in [0.2, 0.25) is 0 Å². The molecule has 0 spiro atoms. The van der Waals surface area contributed by atoms with Gasteiger partial charge in [-0.1, -0.05) is 31.5 Å². The molecule has 0 atom stereocenters. The predicted molar refractivity (Wildman–Crippen MR) is 107 cm³/mol. The highest BCUT2D eigenvalue weighted by atomic mass is 127. The third-order valence-corrected chi connectivity index (χ3v) is 4.23. The van der Waals surface area contributed by atoms with Crippen LogP contribution in [-0.2, 0) is 6.42 Å². The van der Waals surface area contributed by atoms with Gasteiger partial charge in [0, 0.05) is 30.0 Å². The Hall–Kier alpha value is -1.15. The van der Waals surface area contributed by atoms with E-state index in [1.807, 2.05) is 24.3 Å². The van der Waals surface area contributed by atoms with Crippen LogP contribution in [0.1, 0.15) is 36.0 Å². The predicted octanol–water partition coefficient (Wildman–Crippen LogP) is 4.16. The first-order chi connectivity index (χ1) is 10.0. The second kappa shape index (κ2) is 9.09. The lowest BCUT2D eigenvalue weighted by atomic mass is 10.2. The van der Waals surface area contributed by atoms with E-state index in [4.69, 9.17) is 5.73 Å². The number of halogens is 1. The van der Waals surface area contributed by atoms with Gasteiger partial charge in [-0.25, -0.2) is 4.98 Å². The van der Waals surface area contributed by atoms with Crippen LogP contribution in [-0.4, -0.2) is 17.5 Å². The summed E-state index contributed by atoms with van der Waals surface area (Å²) in [4.78, 5) is 8.93. The third kappa shape index (κ3) is 5.92. The highest BCUT2D eigenvalue weighted by Crippen LogP contribution is 2.19. The summed E-state index contributed by atoms with van der Waals surface area (Å²) >= 11 is 1.71. The van der Waals surface area contributed by atoms with Crippen LogP contribution >= 0.6 is 35.3 Å². The Morgan fingerprint density at radius 3 is 2.59 bits per heavy atom. The van der Waals surface area contributed by atoms with Crippen LogP contribution in [0.2, 0.25) is 0 Å². The van der Waals surface area contributed by atoms with Crippen LogP contribution in [0.25, 0.3) is 0 Å². The summed E-state index contributed by atoms with van der Waals surface area (Å²) in [6.07, 6.45) is 0.819. The summed E-state index contributed by atoms with van der Waals surface area (Å²) in [6.45, 7) is 7.01. The van der Waals surface area contributed by atoms with Crippen molar-refractivity contribution in [2.45, 2.75) is 33.1 Å². The van der Waals surface area contributed by atoms with E-state index < -0.39 is 0 Å². The Labute approximate surface area is 153 Å². The van der Waals surface area contributed by atoms with E-state index in [9.17, 15) is 0 Å². The number of anilines is 1. The van der Waals surface area contributed by atoms with Crippen molar-refractivity contribution < 1.29 is 0 Å². The highest BCUT2D eigenvalue weighted by molar-refractivity contribution is 14.0. The van der Waals surface area contributed by atoms with E-state index in [2.05, 4.69) is 41.4 Å². The summed E-state index contributed by atoms with van der Waals surface area (Å²) < 4.78 is 0. The molecule has 0 unspecified atom stereocenters. The number of benzene rings is 1. The number of thiazole rings is 1. The van der Waals surface area contributed by atoms with Crippen molar-refractivity contribution in [3.8, 4) is 0 Å². The Bertz CT molecular complexity index is 605. The molecule has 4 nitrogen and oxygen atoms in total. The Morgan fingerprint density at radius 1 is 1.32 bits per heavy atom. The van der Waals surface area contributed by atoms with Crippen LogP contribution < -0.4 is 11.1 Å². The fourth-order valence-corrected chi connectivity index (χ4v) is 2.69. The van der Waals surface area contributed by atoms with Gasteiger partial charge in [0.15, 0.2) is 5.96 Å². The number of nitrogens with two attached hydrogens (primary N) is 1. The van der Waals surface area contributed by atoms with E-state index in [0.29, 0.717) is 18.4 Å². The zero-order valence-electron chi connectivity index (χ0n) is 13.2. The number of aromatic nitrogens is 1. The SMILES string of the molecule is Cc1ccc(NC(N)=NCCc2csc(C(C)C)n2)cc1.I.